The lowest BCUT2D eigenvalue weighted by atomic mass is 9.91. The van der Waals surface area contributed by atoms with E-state index in [2.05, 4.69) is 72.6 Å². The lowest BCUT2D eigenvalue weighted by Crippen LogP contribution is -2.38. The van der Waals surface area contributed by atoms with E-state index in [-0.39, 0.29) is 103 Å². The quantitative estimate of drug-likeness (QED) is 0.118. The summed E-state index contributed by atoms with van der Waals surface area (Å²) >= 11 is 6.63. The third-order valence-corrected chi connectivity index (χ3v) is 18.0. The van der Waals surface area contributed by atoms with Crippen molar-refractivity contribution in [3.8, 4) is 44.8 Å². The Hall–Kier alpha value is -4.09. The lowest BCUT2D eigenvalue weighted by molar-refractivity contribution is -0.143. The maximum atomic E-state index is 15.4. The Balaban J connectivity index is 0.000000188. The van der Waals surface area contributed by atoms with Crippen molar-refractivity contribution in [2.45, 2.75) is 130 Å². The molecular weight excluding hydrogens is 1160 g/mol. The van der Waals surface area contributed by atoms with Crippen LogP contribution < -0.4 is 0 Å². The molecule has 4 atom stereocenters. The fraction of sp³-hybridized carbons (Fsp3) is 0.458. The highest BCUT2D eigenvalue weighted by molar-refractivity contribution is 9.10. The molecule has 3 N–H and O–H groups in total. The van der Waals surface area contributed by atoms with Crippen molar-refractivity contribution >= 4 is 83.1 Å². The average Bonchev–Trinajstić information content (AvgIpc) is 3.78. The Morgan fingerprint density at radius 3 is 1.49 bits per heavy atom. The van der Waals surface area contributed by atoms with E-state index in [0.717, 1.165) is 61.6 Å². The summed E-state index contributed by atoms with van der Waals surface area (Å²) in [5, 5.41) is 8.54. The van der Waals surface area contributed by atoms with Crippen molar-refractivity contribution < 1.29 is 32.3 Å². The molecule has 0 radical (unpaired) electrons. The van der Waals surface area contributed by atoms with E-state index in [4.69, 9.17) is 5.11 Å². The molecule has 3 heterocycles. The first-order chi connectivity index (χ1) is 34.7. The van der Waals surface area contributed by atoms with Gasteiger partial charge in [-0.3, -0.25) is 9.59 Å². The number of rotatable bonds is 10. The monoisotopic (exact) mass is 1230 g/mol. The van der Waals surface area contributed by atoms with E-state index >= 15 is 17.6 Å². The number of hydrogen-bond acceptors (Lipinski definition) is 4. The van der Waals surface area contributed by atoms with Crippen molar-refractivity contribution in [1.82, 2.24) is 24.8 Å². The van der Waals surface area contributed by atoms with E-state index in [1.54, 1.807) is 48.8 Å². The Labute approximate surface area is 480 Å². The number of hydrogen-bond donors (Lipinski definition) is 3. The van der Waals surface area contributed by atoms with E-state index in [1.165, 1.54) is 44.2 Å². The van der Waals surface area contributed by atoms with Crippen LogP contribution in [0.4, 0.5) is 17.6 Å². The Morgan fingerprint density at radius 2 is 1.08 bits per heavy atom. The predicted molar refractivity (Wildman–Crippen MR) is 312 cm³/mol. The molecule has 6 aromatic rings. The van der Waals surface area contributed by atoms with Gasteiger partial charge in [-0.15, -0.1) is 12.4 Å². The number of aliphatic carboxylic acids is 1. The van der Waals surface area contributed by atoms with Gasteiger partial charge in [0.25, 0.3) is 11.8 Å². The third-order valence-electron chi connectivity index (χ3n) is 17.0. The van der Waals surface area contributed by atoms with E-state index < -0.39 is 17.8 Å². The van der Waals surface area contributed by atoms with Crippen LogP contribution in [0, 0.1) is 34.5 Å². The Bertz CT molecular complexity index is 3120. The first kappa shape index (κ1) is 59.6. The number of fused-ring (bicyclic) bond motifs is 6. The molecule has 17 heteroatoms. The molecule has 0 unspecified atom stereocenters. The molecule has 2 aromatic heterocycles. The van der Waals surface area contributed by atoms with Crippen molar-refractivity contribution in [2.75, 3.05) is 6.54 Å². The number of benzene rings is 4. The van der Waals surface area contributed by atoms with Crippen LogP contribution in [0.15, 0.2) is 94.1 Å². The highest BCUT2D eigenvalue weighted by Gasteiger charge is 2.55. The molecule has 76 heavy (non-hydrogen) atoms. The summed E-state index contributed by atoms with van der Waals surface area (Å²) in [6.07, 6.45) is 14.7. The van der Waals surface area contributed by atoms with Crippen LogP contribution in [0.1, 0.15) is 152 Å². The second-order valence-electron chi connectivity index (χ2n) is 22.4. The number of carboxylic acid groups (broad SMARTS) is 1. The molecule has 6 aliphatic rings. The number of alkyl halides is 4. The number of nitrogens with one attached hydrogen (secondary N) is 2. The number of amides is 1. The van der Waals surface area contributed by atoms with Crippen LogP contribution in [0.5, 0.6) is 0 Å². The van der Waals surface area contributed by atoms with Crippen LogP contribution in [0.25, 0.3) is 44.8 Å². The zero-order valence-corrected chi connectivity index (χ0v) is 49.6. The van der Waals surface area contributed by atoms with Crippen molar-refractivity contribution in [3.63, 3.8) is 0 Å². The smallest absolute Gasteiger partial charge is 0.306 e. The molecule has 0 bridgehead atoms. The van der Waals surface area contributed by atoms with Crippen LogP contribution in [-0.4, -0.2) is 48.4 Å². The summed E-state index contributed by atoms with van der Waals surface area (Å²) in [6, 6.07) is 20.6. The number of H-pyrrole nitrogens is 2. The predicted octanol–water partition coefficient (Wildman–Crippen LogP) is 17.1. The Kier molecular flexibility index (Phi) is 17.7. The Morgan fingerprint density at radius 1 is 0.645 bits per heavy atom. The van der Waals surface area contributed by atoms with Gasteiger partial charge in [0.05, 0.1) is 35.7 Å². The number of likely N-dealkylation sites (tertiary alicyclic amines) is 1. The molecule has 1 aliphatic heterocycles. The molecule has 5 aliphatic carbocycles. The topological polar surface area (TPSA) is 115 Å². The minimum atomic E-state index is -3.06. The van der Waals surface area contributed by atoms with Gasteiger partial charge in [0.1, 0.15) is 11.6 Å². The minimum absolute atomic E-state index is 0. The molecule has 4 aromatic carbocycles. The normalized spacial score (nSPS) is 20.4. The molecule has 1 saturated heterocycles. The molecule has 1 amide bonds. The van der Waals surface area contributed by atoms with Gasteiger partial charge in [0, 0.05) is 60.7 Å². The maximum absolute atomic E-state index is 15.4. The van der Waals surface area contributed by atoms with Gasteiger partial charge < -0.3 is 20.0 Å². The van der Waals surface area contributed by atoms with Gasteiger partial charge in [-0.05, 0) is 146 Å². The number of imidazole rings is 2. The number of carbonyl (C=O) groups is 2. The third kappa shape index (κ3) is 11.1. The van der Waals surface area contributed by atoms with Gasteiger partial charge in [-0.1, -0.05) is 110 Å². The minimum Gasteiger partial charge on any atom is -0.481 e. The number of carboxylic acids is 1. The highest BCUT2D eigenvalue weighted by atomic mass is 79.9. The molecule has 12 rings (SSSR count). The van der Waals surface area contributed by atoms with Crippen molar-refractivity contribution in [1.29, 1.82) is 0 Å². The molecule has 2 spiro atoms. The SMILES string of the molecule is CC[C@H](C(=O)N1CC2(CC2)C[C@H]1c1ncc(-c2ccc3c(c2)C(F)(F)c2cc(Br)ccc2-3)[nH]1)C(C)C.CC[C@H](C(=O)O)C(C)C.Cl.FC1(F)c2cc(Br)ccc2-c2ccc(-c3cnc([C@H]4CCC5(CC5)C4)[nH]3)cc21.S.S. The van der Waals surface area contributed by atoms with Crippen LogP contribution in [0.3, 0.4) is 0 Å². The first-order valence-electron chi connectivity index (χ1n) is 26.0. The summed E-state index contributed by atoms with van der Waals surface area (Å²) in [4.78, 5) is 42.0. The van der Waals surface area contributed by atoms with Crippen LogP contribution in [-0.2, 0) is 21.4 Å². The standard InChI is InChI=1S/C29H30BrF2N3O.C23H19BrF2N2.C7H14O2.ClH.2H2S/c1-4-19(16(2)3)27(36)35-15-28(9-10-28)13-25(35)26-33-14-24(34-26)17-5-7-20-21-8-6-18(30)12-23(21)29(31,32)22(20)11-17;24-15-2-4-17-16-3-1-13(9-18(16)23(25,26)19(17)10-15)20-12-27-21(28-20)14-5-6-22(11-14)7-8-22;1-4-6(5(2)3)7(8)9;;;/h5-8,11-12,14,16,19,25H,4,9-10,13,15H2,1-3H3,(H,33,34);1-4,9-10,12,14H,5-8,11H2,(H,27,28);5-6H,4H2,1-3H3,(H,8,9);1H;2*1H2/t19-,25-;14-;6-;;;/m000.../s1. The number of aromatic amines is 2. The second-order valence-corrected chi connectivity index (χ2v) is 24.2. The summed E-state index contributed by atoms with van der Waals surface area (Å²) in [5.74, 6) is -3.90. The zero-order valence-electron chi connectivity index (χ0n) is 43.6. The average molecular weight is 1230 g/mol. The largest absolute Gasteiger partial charge is 0.481 e. The molecular formula is C59H68Br2ClF4N5O3S2. The molecule has 4 fully saturated rings. The van der Waals surface area contributed by atoms with Gasteiger partial charge in [-0.2, -0.15) is 44.6 Å². The summed E-state index contributed by atoms with van der Waals surface area (Å²) < 4.78 is 62.3. The fourth-order valence-electron chi connectivity index (χ4n) is 12.3. The van der Waals surface area contributed by atoms with E-state index in [0.29, 0.717) is 53.8 Å². The van der Waals surface area contributed by atoms with Crippen LogP contribution >= 0.6 is 71.3 Å². The first-order valence-corrected chi connectivity index (χ1v) is 27.6. The summed E-state index contributed by atoms with van der Waals surface area (Å²) in [6.45, 7) is 12.8. The molecule has 3 saturated carbocycles. The van der Waals surface area contributed by atoms with Crippen molar-refractivity contribution in [3.05, 3.63) is 128 Å². The van der Waals surface area contributed by atoms with Gasteiger partial charge in [-0.25, -0.2) is 9.97 Å². The summed E-state index contributed by atoms with van der Waals surface area (Å²) in [7, 11) is 0. The second kappa shape index (κ2) is 22.6. The highest BCUT2D eigenvalue weighted by Crippen LogP contribution is 2.62. The summed E-state index contributed by atoms with van der Waals surface area (Å²) in [5.41, 5.74) is 6.31. The zero-order chi connectivity index (χ0) is 51.9. The maximum Gasteiger partial charge on any atom is 0.306 e. The number of carbonyl (C=O) groups excluding carboxylic acids is 1. The van der Waals surface area contributed by atoms with Gasteiger partial charge in [0.2, 0.25) is 5.91 Å². The number of aromatic nitrogens is 4. The van der Waals surface area contributed by atoms with Gasteiger partial charge >= 0.3 is 5.97 Å². The number of nitrogens with zero attached hydrogens (tertiary/aromatic N) is 3. The molecule has 8 nitrogen and oxygen atoms in total. The van der Waals surface area contributed by atoms with Crippen LogP contribution in [0.2, 0.25) is 0 Å². The lowest BCUT2D eigenvalue weighted by Gasteiger charge is -2.29. The number of halogens is 7. The fourth-order valence-corrected chi connectivity index (χ4v) is 13.0. The van der Waals surface area contributed by atoms with E-state index in [9.17, 15) is 9.59 Å². The van der Waals surface area contributed by atoms with Gasteiger partial charge in [0.15, 0.2) is 0 Å². The van der Waals surface area contributed by atoms with E-state index in [1.807, 2.05) is 49.9 Å². The van der Waals surface area contributed by atoms with Crippen molar-refractivity contribution in [2.24, 2.45) is 34.5 Å². The molecule has 408 valence electrons.